The van der Waals surface area contributed by atoms with Crippen LogP contribution in [0.25, 0.3) is 0 Å². The number of nitrogens with zero attached hydrogens (tertiary/aromatic N) is 3. The summed E-state index contributed by atoms with van der Waals surface area (Å²) in [4.78, 5) is 34.9. The number of carbonyl (C=O) groups excluding carboxylic acids is 2. The summed E-state index contributed by atoms with van der Waals surface area (Å²) < 4.78 is 17.0. The van der Waals surface area contributed by atoms with Gasteiger partial charge in [-0.1, -0.05) is 54.2 Å². The second-order valence-corrected chi connectivity index (χ2v) is 9.97. The summed E-state index contributed by atoms with van der Waals surface area (Å²) in [7, 11) is 0. The zero-order valence-corrected chi connectivity index (χ0v) is 22.4. The Morgan fingerprint density at radius 2 is 1.89 bits per heavy atom. The van der Waals surface area contributed by atoms with Gasteiger partial charge in [-0.15, -0.1) is 0 Å². The van der Waals surface area contributed by atoms with E-state index in [1.165, 1.54) is 11.8 Å². The summed E-state index contributed by atoms with van der Waals surface area (Å²) in [5, 5.41) is 2.70. The fourth-order valence-electron chi connectivity index (χ4n) is 4.75. The van der Waals surface area contributed by atoms with Gasteiger partial charge in [0.05, 0.1) is 43.6 Å². The lowest BCUT2D eigenvalue weighted by atomic mass is 9.93. The van der Waals surface area contributed by atoms with E-state index in [1.54, 1.807) is 6.92 Å². The number of benzene rings is 2. The molecule has 38 heavy (non-hydrogen) atoms. The third kappa shape index (κ3) is 5.63. The monoisotopic (exact) mass is 533 g/mol. The zero-order chi connectivity index (χ0) is 26.5. The number of morpholine rings is 1. The van der Waals surface area contributed by atoms with E-state index in [0.717, 1.165) is 22.0 Å². The molecule has 1 saturated heterocycles. The van der Waals surface area contributed by atoms with Crippen LogP contribution in [0.5, 0.6) is 5.75 Å². The van der Waals surface area contributed by atoms with Crippen LogP contribution < -0.4 is 4.74 Å². The number of hydrogen-bond donors (Lipinski definition) is 0. The van der Waals surface area contributed by atoms with Crippen molar-refractivity contribution in [1.29, 1.82) is 0 Å². The van der Waals surface area contributed by atoms with Gasteiger partial charge < -0.3 is 24.0 Å². The van der Waals surface area contributed by atoms with Crippen molar-refractivity contribution in [1.82, 2.24) is 9.80 Å². The highest BCUT2D eigenvalue weighted by Gasteiger charge is 2.41. The highest BCUT2D eigenvalue weighted by Crippen LogP contribution is 2.45. The molecule has 2 aromatic carbocycles. The van der Waals surface area contributed by atoms with Crippen LogP contribution in [-0.2, 0) is 25.7 Å². The van der Waals surface area contributed by atoms with Crippen LogP contribution in [0.2, 0.25) is 0 Å². The largest absolute Gasteiger partial charge is 0.489 e. The molecule has 3 heterocycles. The summed E-state index contributed by atoms with van der Waals surface area (Å²) in [6, 6.07) is 17.2. The zero-order valence-electron chi connectivity index (χ0n) is 21.6. The van der Waals surface area contributed by atoms with E-state index in [2.05, 4.69) is 0 Å². The first-order valence-corrected chi connectivity index (χ1v) is 13.7. The molecule has 1 atom stereocenters. The molecule has 2 aromatic rings. The Morgan fingerprint density at radius 3 is 2.66 bits per heavy atom. The molecule has 0 N–H and O–H groups in total. The number of fused-ring (bicyclic) bond motifs is 1. The number of amidine groups is 1. The van der Waals surface area contributed by atoms with Gasteiger partial charge >= 0.3 is 5.97 Å². The van der Waals surface area contributed by atoms with Gasteiger partial charge in [-0.2, -0.15) is 0 Å². The van der Waals surface area contributed by atoms with Gasteiger partial charge in [0.1, 0.15) is 12.4 Å². The maximum atomic E-state index is 13.2. The number of hydrogen-bond acceptors (Lipinski definition) is 8. The molecular weight excluding hydrogens is 502 g/mol. The fraction of sp³-hybridized carbons (Fsp3) is 0.345. The SMILES string of the molecule is CCOC(=O)C1=C(C)N=C2SC=C(CC(=O)N3CCOCC3)N2[C@@H]1c1cccc(OCc2ccccc2)c1. The van der Waals surface area contributed by atoms with Gasteiger partial charge in [0.2, 0.25) is 5.91 Å². The van der Waals surface area contributed by atoms with Gasteiger partial charge in [0.25, 0.3) is 0 Å². The molecule has 0 aromatic heterocycles. The Labute approximate surface area is 226 Å². The Kier molecular flexibility index (Phi) is 8.14. The van der Waals surface area contributed by atoms with Crippen LogP contribution >= 0.6 is 11.8 Å². The lowest BCUT2D eigenvalue weighted by molar-refractivity contribution is -0.139. The van der Waals surface area contributed by atoms with Crippen molar-refractivity contribution >= 4 is 28.8 Å². The molecule has 0 spiro atoms. The van der Waals surface area contributed by atoms with E-state index in [1.807, 2.05) is 76.7 Å². The average Bonchev–Trinajstić information content (AvgIpc) is 3.34. The van der Waals surface area contributed by atoms with Crippen LogP contribution in [0.4, 0.5) is 0 Å². The standard InChI is InChI=1S/C29H31N3O5S/c1-3-36-28(34)26-20(2)30-29-32(23(19-38-29)17-25(33)31-12-14-35-15-13-31)27(26)22-10-7-11-24(16-22)37-18-21-8-5-4-6-9-21/h4-11,16,19,27H,3,12-15,17-18H2,1-2H3/t27-/m1/s1. The van der Waals surface area contributed by atoms with Gasteiger partial charge in [0, 0.05) is 18.8 Å². The van der Waals surface area contributed by atoms with Crippen molar-refractivity contribution in [3.8, 4) is 5.75 Å². The van der Waals surface area contributed by atoms with Crippen molar-refractivity contribution < 1.29 is 23.8 Å². The summed E-state index contributed by atoms with van der Waals surface area (Å²) in [5.41, 5.74) is 3.80. The second-order valence-electron chi connectivity index (χ2n) is 9.13. The van der Waals surface area contributed by atoms with Gasteiger partial charge in [-0.25, -0.2) is 9.79 Å². The van der Waals surface area contributed by atoms with Crippen LogP contribution in [0.3, 0.4) is 0 Å². The highest BCUT2D eigenvalue weighted by molar-refractivity contribution is 8.16. The van der Waals surface area contributed by atoms with E-state index in [9.17, 15) is 9.59 Å². The first kappa shape index (κ1) is 26.1. The van der Waals surface area contributed by atoms with Crippen LogP contribution in [-0.4, -0.2) is 59.8 Å². The Hall–Kier alpha value is -3.56. The van der Waals surface area contributed by atoms with E-state index in [4.69, 9.17) is 19.2 Å². The molecule has 5 rings (SSSR count). The molecule has 0 bridgehead atoms. The Bertz CT molecular complexity index is 1280. The molecule has 3 aliphatic heterocycles. The van der Waals surface area contributed by atoms with E-state index in [-0.39, 0.29) is 18.9 Å². The normalized spacial score (nSPS) is 19.1. The van der Waals surface area contributed by atoms with Gasteiger partial charge in [-0.3, -0.25) is 4.79 Å². The van der Waals surface area contributed by atoms with Crippen molar-refractivity contribution in [2.24, 2.45) is 4.99 Å². The number of amides is 1. The molecule has 0 unspecified atom stereocenters. The van der Waals surface area contributed by atoms with Crippen molar-refractivity contribution in [2.75, 3.05) is 32.9 Å². The lowest BCUT2D eigenvalue weighted by Crippen LogP contribution is -2.42. The summed E-state index contributed by atoms with van der Waals surface area (Å²) in [6.07, 6.45) is 0.210. The van der Waals surface area contributed by atoms with Gasteiger partial charge in [0.15, 0.2) is 5.17 Å². The number of esters is 1. The fourth-order valence-corrected chi connectivity index (χ4v) is 5.71. The van der Waals surface area contributed by atoms with Crippen molar-refractivity contribution in [2.45, 2.75) is 32.9 Å². The number of allylic oxidation sites excluding steroid dienone is 1. The second kappa shape index (κ2) is 11.9. The summed E-state index contributed by atoms with van der Waals surface area (Å²) in [6.45, 7) is 6.56. The number of aliphatic imine (C=N–C) groups is 1. The van der Waals surface area contributed by atoms with E-state index < -0.39 is 12.0 Å². The first-order valence-electron chi connectivity index (χ1n) is 12.8. The Balaban J connectivity index is 1.46. The lowest BCUT2D eigenvalue weighted by Gasteiger charge is -2.37. The quantitative estimate of drug-likeness (QED) is 0.457. The molecule has 9 heteroatoms. The molecule has 198 valence electrons. The molecule has 0 saturated carbocycles. The molecule has 1 amide bonds. The maximum Gasteiger partial charge on any atom is 0.338 e. The minimum Gasteiger partial charge on any atom is -0.489 e. The molecule has 1 fully saturated rings. The predicted octanol–water partition coefficient (Wildman–Crippen LogP) is 4.65. The van der Waals surface area contributed by atoms with E-state index in [0.29, 0.717) is 49.9 Å². The topological polar surface area (TPSA) is 80.7 Å². The number of carbonyl (C=O) groups is 2. The van der Waals surface area contributed by atoms with Crippen LogP contribution in [0, 0.1) is 0 Å². The third-order valence-electron chi connectivity index (χ3n) is 6.61. The van der Waals surface area contributed by atoms with Gasteiger partial charge in [-0.05, 0) is 42.5 Å². The van der Waals surface area contributed by atoms with Crippen molar-refractivity contribution in [3.63, 3.8) is 0 Å². The molecule has 0 radical (unpaired) electrons. The number of thioether (sulfide) groups is 1. The maximum absolute atomic E-state index is 13.2. The number of ether oxygens (including phenoxy) is 3. The average molecular weight is 534 g/mol. The highest BCUT2D eigenvalue weighted by atomic mass is 32.2. The molecule has 8 nitrogen and oxygen atoms in total. The molecular formula is C29H31N3O5S. The van der Waals surface area contributed by atoms with E-state index >= 15 is 0 Å². The molecule has 0 aliphatic carbocycles. The van der Waals surface area contributed by atoms with Crippen LogP contribution in [0.1, 0.15) is 37.4 Å². The molecule has 3 aliphatic rings. The Morgan fingerprint density at radius 1 is 1.11 bits per heavy atom. The van der Waals surface area contributed by atoms with Crippen LogP contribution in [0.15, 0.2) is 82.0 Å². The first-order chi connectivity index (χ1) is 18.5. The smallest absolute Gasteiger partial charge is 0.338 e. The summed E-state index contributed by atoms with van der Waals surface area (Å²) >= 11 is 1.46. The predicted molar refractivity (Wildman–Crippen MR) is 146 cm³/mol. The minimum absolute atomic E-state index is 0.0315. The third-order valence-corrected chi connectivity index (χ3v) is 7.50. The van der Waals surface area contributed by atoms with Crippen molar-refractivity contribution in [3.05, 3.63) is 88.1 Å². The minimum atomic E-state index is -0.499. The number of rotatable bonds is 8. The summed E-state index contributed by atoms with van der Waals surface area (Å²) in [5.74, 6) is 0.311.